The van der Waals surface area contributed by atoms with Crippen molar-refractivity contribution in [3.63, 3.8) is 0 Å². The van der Waals surface area contributed by atoms with E-state index in [0.717, 1.165) is 5.69 Å². The van der Waals surface area contributed by atoms with Crippen LogP contribution >= 0.6 is 0 Å². The lowest BCUT2D eigenvalue weighted by atomic mass is 10.2. The minimum Gasteiger partial charge on any atom is -0.497 e. The molecule has 0 saturated heterocycles. The summed E-state index contributed by atoms with van der Waals surface area (Å²) in [5.74, 6) is 1.06. The van der Waals surface area contributed by atoms with E-state index in [1.807, 2.05) is 24.3 Å². The molecule has 98 valence electrons. The monoisotopic (exact) mass is 257 g/mol. The van der Waals surface area contributed by atoms with Crippen LogP contribution in [0.5, 0.6) is 5.75 Å². The lowest BCUT2D eigenvalue weighted by molar-refractivity contribution is 0.102. The van der Waals surface area contributed by atoms with E-state index >= 15 is 0 Å². The predicted octanol–water partition coefficient (Wildman–Crippen LogP) is 2.55. The SMILES string of the molecule is COc1cccc(NC(=O)c2cc(C3CC3)[nH]n2)c1. The van der Waals surface area contributed by atoms with Crippen LogP contribution in [0.2, 0.25) is 0 Å². The highest BCUT2D eigenvalue weighted by molar-refractivity contribution is 6.03. The second-order valence-electron chi connectivity index (χ2n) is 4.67. The van der Waals surface area contributed by atoms with Crippen LogP contribution in [0.3, 0.4) is 0 Å². The Kier molecular flexibility index (Phi) is 2.95. The van der Waals surface area contributed by atoms with Gasteiger partial charge in [0.15, 0.2) is 5.69 Å². The Bertz CT molecular complexity index is 602. The number of hydrogen-bond acceptors (Lipinski definition) is 3. The van der Waals surface area contributed by atoms with E-state index in [4.69, 9.17) is 4.74 Å². The number of hydrogen-bond donors (Lipinski definition) is 2. The summed E-state index contributed by atoms with van der Waals surface area (Å²) in [6.45, 7) is 0. The highest BCUT2D eigenvalue weighted by atomic mass is 16.5. The van der Waals surface area contributed by atoms with Crippen molar-refractivity contribution in [1.82, 2.24) is 10.2 Å². The minimum atomic E-state index is -0.212. The lowest BCUT2D eigenvalue weighted by Crippen LogP contribution is -2.12. The van der Waals surface area contributed by atoms with Gasteiger partial charge < -0.3 is 10.1 Å². The molecule has 0 spiro atoms. The molecular formula is C14H15N3O2. The molecule has 2 aromatic rings. The highest BCUT2D eigenvalue weighted by Gasteiger charge is 2.26. The lowest BCUT2D eigenvalue weighted by Gasteiger charge is -2.05. The molecular weight excluding hydrogens is 242 g/mol. The van der Waals surface area contributed by atoms with Gasteiger partial charge in [-0.05, 0) is 31.0 Å². The molecule has 1 fully saturated rings. The van der Waals surface area contributed by atoms with Gasteiger partial charge in [0.05, 0.1) is 7.11 Å². The van der Waals surface area contributed by atoms with Crippen LogP contribution in [0.1, 0.15) is 34.9 Å². The van der Waals surface area contributed by atoms with Crippen molar-refractivity contribution in [2.45, 2.75) is 18.8 Å². The van der Waals surface area contributed by atoms with Crippen molar-refractivity contribution in [1.29, 1.82) is 0 Å². The topological polar surface area (TPSA) is 67.0 Å². The average molecular weight is 257 g/mol. The van der Waals surface area contributed by atoms with Crippen molar-refractivity contribution in [2.75, 3.05) is 12.4 Å². The minimum absolute atomic E-state index is 0.212. The number of amides is 1. The van der Waals surface area contributed by atoms with Crippen molar-refractivity contribution < 1.29 is 9.53 Å². The fourth-order valence-corrected chi connectivity index (χ4v) is 1.95. The molecule has 0 aliphatic heterocycles. The normalized spacial score (nSPS) is 14.2. The van der Waals surface area contributed by atoms with E-state index in [1.165, 1.54) is 12.8 Å². The summed E-state index contributed by atoms with van der Waals surface area (Å²) in [4.78, 5) is 12.0. The smallest absolute Gasteiger partial charge is 0.276 e. The van der Waals surface area contributed by atoms with Crippen molar-refractivity contribution >= 4 is 11.6 Å². The summed E-state index contributed by atoms with van der Waals surface area (Å²) in [5.41, 5.74) is 2.17. The summed E-state index contributed by atoms with van der Waals surface area (Å²) in [6.07, 6.45) is 2.36. The summed E-state index contributed by atoms with van der Waals surface area (Å²) < 4.78 is 5.11. The van der Waals surface area contributed by atoms with Gasteiger partial charge in [0, 0.05) is 23.4 Å². The van der Waals surface area contributed by atoms with Gasteiger partial charge in [-0.15, -0.1) is 0 Å². The fraction of sp³-hybridized carbons (Fsp3) is 0.286. The van der Waals surface area contributed by atoms with Gasteiger partial charge in [0.25, 0.3) is 5.91 Å². The molecule has 1 heterocycles. The number of carbonyl (C=O) groups excluding carboxylic acids is 1. The number of ether oxygens (including phenoxy) is 1. The maximum atomic E-state index is 12.0. The van der Waals surface area contributed by atoms with Gasteiger partial charge >= 0.3 is 0 Å². The van der Waals surface area contributed by atoms with Crippen molar-refractivity contribution in [3.05, 3.63) is 41.7 Å². The zero-order valence-electron chi connectivity index (χ0n) is 10.6. The number of methoxy groups -OCH3 is 1. The first-order valence-electron chi connectivity index (χ1n) is 6.27. The molecule has 0 radical (unpaired) electrons. The molecule has 5 heteroatoms. The molecule has 1 aromatic heterocycles. The summed E-state index contributed by atoms with van der Waals surface area (Å²) >= 11 is 0. The van der Waals surface area contributed by atoms with E-state index in [0.29, 0.717) is 23.0 Å². The molecule has 1 aliphatic rings. The quantitative estimate of drug-likeness (QED) is 0.884. The average Bonchev–Trinajstić information content (AvgIpc) is 3.16. The zero-order chi connectivity index (χ0) is 13.2. The van der Waals surface area contributed by atoms with Gasteiger partial charge in [-0.25, -0.2) is 0 Å². The number of anilines is 1. The Hall–Kier alpha value is -2.30. The number of aromatic amines is 1. The third-order valence-electron chi connectivity index (χ3n) is 3.18. The molecule has 1 aliphatic carbocycles. The Labute approximate surface area is 111 Å². The third kappa shape index (κ3) is 2.59. The molecule has 3 rings (SSSR count). The number of carbonyl (C=O) groups is 1. The van der Waals surface area contributed by atoms with E-state index in [1.54, 1.807) is 13.2 Å². The summed E-state index contributed by atoms with van der Waals surface area (Å²) in [5, 5.41) is 9.77. The largest absolute Gasteiger partial charge is 0.497 e. The number of aromatic nitrogens is 2. The van der Waals surface area contributed by atoms with Crippen LogP contribution in [0, 0.1) is 0 Å². The molecule has 0 bridgehead atoms. The second kappa shape index (κ2) is 4.76. The van der Waals surface area contributed by atoms with E-state index < -0.39 is 0 Å². The van der Waals surface area contributed by atoms with E-state index in [-0.39, 0.29) is 5.91 Å². The van der Waals surface area contributed by atoms with E-state index in [9.17, 15) is 4.79 Å². The Morgan fingerprint density at radius 3 is 3.00 bits per heavy atom. The predicted molar refractivity (Wildman–Crippen MR) is 71.5 cm³/mol. The molecule has 1 amide bonds. The molecule has 5 nitrogen and oxygen atoms in total. The van der Waals surface area contributed by atoms with Gasteiger partial charge in [-0.3, -0.25) is 9.89 Å². The van der Waals surface area contributed by atoms with Crippen LogP contribution in [-0.4, -0.2) is 23.2 Å². The maximum Gasteiger partial charge on any atom is 0.276 e. The first-order valence-corrected chi connectivity index (χ1v) is 6.27. The number of nitrogens with zero attached hydrogens (tertiary/aromatic N) is 1. The molecule has 1 saturated carbocycles. The Morgan fingerprint density at radius 2 is 2.26 bits per heavy atom. The zero-order valence-corrected chi connectivity index (χ0v) is 10.6. The molecule has 0 unspecified atom stereocenters. The number of benzene rings is 1. The van der Waals surface area contributed by atoms with Gasteiger partial charge in [-0.2, -0.15) is 5.10 Å². The molecule has 19 heavy (non-hydrogen) atoms. The maximum absolute atomic E-state index is 12.0. The van der Waals surface area contributed by atoms with Crippen LogP contribution < -0.4 is 10.1 Å². The van der Waals surface area contributed by atoms with Crippen LogP contribution in [0.4, 0.5) is 5.69 Å². The summed E-state index contributed by atoms with van der Waals surface area (Å²) in [6, 6.07) is 9.07. The third-order valence-corrected chi connectivity index (χ3v) is 3.18. The van der Waals surface area contributed by atoms with E-state index in [2.05, 4.69) is 15.5 Å². The number of H-pyrrole nitrogens is 1. The van der Waals surface area contributed by atoms with Crippen molar-refractivity contribution in [3.8, 4) is 5.75 Å². The Morgan fingerprint density at radius 1 is 1.42 bits per heavy atom. The highest BCUT2D eigenvalue weighted by Crippen LogP contribution is 2.39. The van der Waals surface area contributed by atoms with Crippen LogP contribution in [-0.2, 0) is 0 Å². The van der Waals surface area contributed by atoms with Crippen LogP contribution in [0.15, 0.2) is 30.3 Å². The standard InChI is InChI=1S/C14H15N3O2/c1-19-11-4-2-3-10(7-11)15-14(18)13-8-12(16-17-13)9-5-6-9/h2-4,7-9H,5-6H2,1H3,(H,15,18)(H,16,17). The molecule has 0 atom stereocenters. The number of rotatable bonds is 4. The summed E-state index contributed by atoms with van der Waals surface area (Å²) in [7, 11) is 1.59. The first-order chi connectivity index (χ1) is 9.26. The van der Waals surface area contributed by atoms with Crippen molar-refractivity contribution in [2.24, 2.45) is 0 Å². The van der Waals surface area contributed by atoms with Gasteiger partial charge in [0.2, 0.25) is 0 Å². The van der Waals surface area contributed by atoms with Crippen LogP contribution in [0.25, 0.3) is 0 Å². The van der Waals surface area contributed by atoms with Gasteiger partial charge in [-0.1, -0.05) is 6.07 Å². The molecule has 2 N–H and O–H groups in total. The molecule has 1 aromatic carbocycles. The second-order valence-corrected chi connectivity index (χ2v) is 4.67. The first kappa shape index (κ1) is 11.8. The fourth-order valence-electron chi connectivity index (χ4n) is 1.95. The van der Waals surface area contributed by atoms with Gasteiger partial charge in [0.1, 0.15) is 5.75 Å². The Balaban J connectivity index is 1.72. The number of nitrogens with one attached hydrogen (secondary N) is 2.